The molecule has 3 aromatic heterocycles. The zero-order chi connectivity index (χ0) is 15.5. The van der Waals surface area contributed by atoms with Crippen molar-refractivity contribution in [1.82, 2.24) is 14.5 Å². The molecule has 3 atom stereocenters. The number of aliphatic hydroxyl groups is 3. The largest absolute Gasteiger partial charge is 0.393 e. The molecule has 0 radical (unpaired) electrons. The van der Waals surface area contributed by atoms with Crippen LogP contribution in [0.3, 0.4) is 0 Å². The molecule has 8 nitrogen and oxygen atoms in total. The third kappa shape index (κ3) is 1.54. The molecule has 1 aliphatic heterocycles. The van der Waals surface area contributed by atoms with E-state index in [9.17, 15) is 15.3 Å². The Labute approximate surface area is 128 Å². The van der Waals surface area contributed by atoms with E-state index in [1.807, 2.05) is 11.4 Å². The normalized spacial score (nSPS) is 28.9. The Kier molecular flexibility index (Phi) is 2.90. The highest BCUT2D eigenvalue weighted by atomic mass is 32.1. The van der Waals surface area contributed by atoms with Crippen LogP contribution in [0.5, 0.6) is 0 Å². The van der Waals surface area contributed by atoms with Gasteiger partial charge in [0, 0.05) is 5.39 Å². The van der Waals surface area contributed by atoms with E-state index in [2.05, 4.69) is 9.97 Å². The second-order valence-electron chi connectivity index (χ2n) is 5.24. The van der Waals surface area contributed by atoms with Gasteiger partial charge in [-0.25, -0.2) is 9.97 Å². The number of nitrogens with two attached hydrogens (primary N) is 1. The summed E-state index contributed by atoms with van der Waals surface area (Å²) in [6.07, 6.45) is -0.849. The molecule has 0 spiro atoms. The van der Waals surface area contributed by atoms with Gasteiger partial charge < -0.3 is 25.8 Å². The zero-order valence-corrected chi connectivity index (χ0v) is 12.2. The fraction of sp³-hybridized carbons (Fsp3) is 0.385. The Morgan fingerprint density at radius 2 is 2.32 bits per heavy atom. The van der Waals surface area contributed by atoms with E-state index >= 15 is 0 Å². The van der Waals surface area contributed by atoms with Gasteiger partial charge in [-0.3, -0.25) is 4.57 Å². The molecule has 0 amide bonds. The van der Waals surface area contributed by atoms with Crippen LogP contribution < -0.4 is 5.73 Å². The second kappa shape index (κ2) is 4.61. The van der Waals surface area contributed by atoms with Gasteiger partial charge in [-0.15, -0.1) is 11.3 Å². The number of anilines is 1. The third-order valence-electron chi connectivity index (χ3n) is 4.13. The third-order valence-corrected chi connectivity index (χ3v) is 5.03. The summed E-state index contributed by atoms with van der Waals surface area (Å²) in [4.78, 5) is 8.89. The second-order valence-corrected chi connectivity index (χ2v) is 6.13. The Morgan fingerprint density at radius 1 is 1.50 bits per heavy atom. The van der Waals surface area contributed by atoms with E-state index in [1.165, 1.54) is 22.2 Å². The standard InChI is InChI=1S/C13H14N4O4S/c14-10-9-6-1-2-22-12(6)17(11(9)16-5-15-10)13(20)7(19)4-21-8(13)3-18/h1-2,5,7-8,18-20H,3-4H2,(H2,14,15,16)/t7-,8+,13-/m0/s1. The summed E-state index contributed by atoms with van der Waals surface area (Å²) in [6, 6.07) is 1.86. The summed E-state index contributed by atoms with van der Waals surface area (Å²) in [5.41, 5.74) is 4.54. The number of fused-ring (bicyclic) bond motifs is 3. The Balaban J connectivity index is 2.13. The molecular weight excluding hydrogens is 308 g/mol. The molecule has 0 aromatic carbocycles. The quantitative estimate of drug-likeness (QED) is 0.507. The highest BCUT2D eigenvalue weighted by molar-refractivity contribution is 7.17. The van der Waals surface area contributed by atoms with Crippen LogP contribution in [0.25, 0.3) is 21.3 Å². The number of hydrogen-bond acceptors (Lipinski definition) is 8. The molecule has 0 unspecified atom stereocenters. The summed E-state index contributed by atoms with van der Waals surface area (Å²) >= 11 is 1.38. The molecule has 22 heavy (non-hydrogen) atoms. The van der Waals surface area contributed by atoms with Crippen LogP contribution in [-0.2, 0) is 10.5 Å². The summed E-state index contributed by atoms with van der Waals surface area (Å²) in [7, 11) is 0. The lowest BCUT2D eigenvalue weighted by atomic mass is 10.0. The fourth-order valence-electron chi connectivity index (χ4n) is 3.06. The van der Waals surface area contributed by atoms with Crippen molar-refractivity contribution in [3.63, 3.8) is 0 Å². The van der Waals surface area contributed by atoms with Gasteiger partial charge in [0.15, 0.2) is 0 Å². The lowest BCUT2D eigenvalue weighted by Gasteiger charge is -2.32. The molecule has 0 aliphatic carbocycles. The molecule has 4 rings (SSSR count). The van der Waals surface area contributed by atoms with Crippen LogP contribution in [0.4, 0.5) is 5.82 Å². The maximum Gasteiger partial charge on any atom is 0.201 e. The number of nitrogen functional groups attached to an aromatic ring is 1. The van der Waals surface area contributed by atoms with Gasteiger partial charge in [0.2, 0.25) is 5.72 Å². The molecule has 5 N–H and O–H groups in total. The van der Waals surface area contributed by atoms with Gasteiger partial charge in [-0.2, -0.15) is 0 Å². The topological polar surface area (TPSA) is 127 Å². The molecule has 116 valence electrons. The van der Waals surface area contributed by atoms with E-state index in [4.69, 9.17) is 10.5 Å². The molecule has 1 aliphatic rings. The van der Waals surface area contributed by atoms with E-state index in [0.717, 1.165) is 5.39 Å². The molecular formula is C13H14N4O4S. The minimum atomic E-state index is -1.82. The van der Waals surface area contributed by atoms with Crippen LogP contribution in [0, 0.1) is 0 Å². The van der Waals surface area contributed by atoms with E-state index < -0.39 is 24.5 Å². The van der Waals surface area contributed by atoms with Crippen LogP contribution >= 0.6 is 11.3 Å². The van der Waals surface area contributed by atoms with Crippen molar-refractivity contribution in [3.05, 3.63) is 17.8 Å². The average Bonchev–Trinajstić information content (AvgIpc) is 3.14. The van der Waals surface area contributed by atoms with Crippen molar-refractivity contribution in [2.75, 3.05) is 18.9 Å². The Morgan fingerprint density at radius 3 is 3.09 bits per heavy atom. The highest BCUT2D eigenvalue weighted by Crippen LogP contribution is 2.42. The maximum atomic E-state index is 11.1. The fourth-order valence-corrected chi connectivity index (χ4v) is 4.03. The molecule has 0 saturated carbocycles. The highest BCUT2D eigenvalue weighted by Gasteiger charge is 2.53. The molecule has 9 heteroatoms. The maximum absolute atomic E-state index is 11.1. The van der Waals surface area contributed by atoms with Gasteiger partial charge in [0.25, 0.3) is 0 Å². The first kappa shape index (κ1) is 13.9. The average molecular weight is 322 g/mol. The van der Waals surface area contributed by atoms with Gasteiger partial charge in [-0.05, 0) is 11.4 Å². The number of thiophene rings is 1. The van der Waals surface area contributed by atoms with E-state index in [-0.39, 0.29) is 6.61 Å². The van der Waals surface area contributed by atoms with Crippen molar-refractivity contribution in [2.24, 2.45) is 0 Å². The zero-order valence-electron chi connectivity index (χ0n) is 11.4. The summed E-state index contributed by atoms with van der Waals surface area (Å²) < 4.78 is 6.82. The summed E-state index contributed by atoms with van der Waals surface area (Å²) in [5.74, 6) is 0.296. The van der Waals surface area contributed by atoms with E-state index in [1.54, 1.807) is 0 Å². The molecule has 3 aromatic rings. The molecule has 1 fully saturated rings. The van der Waals surface area contributed by atoms with Gasteiger partial charge in [0.1, 0.15) is 34.8 Å². The predicted molar refractivity (Wildman–Crippen MR) is 80.3 cm³/mol. The lowest BCUT2D eigenvalue weighted by Crippen LogP contribution is -2.50. The predicted octanol–water partition coefficient (Wildman–Crippen LogP) is -0.375. The van der Waals surface area contributed by atoms with Crippen molar-refractivity contribution in [1.29, 1.82) is 0 Å². The summed E-state index contributed by atoms with van der Waals surface area (Å²) in [6.45, 7) is -0.504. The number of aliphatic hydroxyl groups excluding tert-OH is 2. The van der Waals surface area contributed by atoms with E-state index in [0.29, 0.717) is 21.7 Å². The summed E-state index contributed by atoms with van der Waals surface area (Å²) in [5, 5.41) is 34.2. The Bertz CT molecular complexity index is 862. The van der Waals surface area contributed by atoms with Gasteiger partial charge in [-0.1, -0.05) is 0 Å². The molecule has 0 bridgehead atoms. The minimum Gasteiger partial charge on any atom is -0.393 e. The SMILES string of the molecule is Nc1ncnc2c1c1ccsc1n2[C@]1(O)[C@@H](O)CO[C@@H]1CO. The van der Waals surface area contributed by atoms with Crippen LogP contribution in [-0.4, -0.2) is 55.3 Å². The number of nitrogens with zero attached hydrogens (tertiary/aromatic N) is 3. The van der Waals surface area contributed by atoms with Gasteiger partial charge >= 0.3 is 0 Å². The van der Waals surface area contributed by atoms with Crippen LogP contribution in [0.15, 0.2) is 17.8 Å². The molecule has 4 heterocycles. The first-order valence-electron chi connectivity index (χ1n) is 6.70. The first-order chi connectivity index (χ1) is 10.6. The number of aromatic nitrogens is 3. The van der Waals surface area contributed by atoms with Crippen LogP contribution in [0.2, 0.25) is 0 Å². The number of hydrogen-bond donors (Lipinski definition) is 4. The Hall–Kier alpha value is -1.78. The van der Waals surface area contributed by atoms with Gasteiger partial charge in [0.05, 0.1) is 18.6 Å². The first-order valence-corrected chi connectivity index (χ1v) is 7.58. The van der Waals surface area contributed by atoms with Crippen molar-refractivity contribution < 1.29 is 20.1 Å². The minimum absolute atomic E-state index is 0.0746. The number of rotatable bonds is 2. The van der Waals surface area contributed by atoms with Crippen molar-refractivity contribution >= 4 is 38.4 Å². The molecule has 1 saturated heterocycles. The monoisotopic (exact) mass is 322 g/mol. The lowest BCUT2D eigenvalue weighted by molar-refractivity contribution is -0.145. The van der Waals surface area contributed by atoms with Crippen molar-refractivity contribution in [2.45, 2.75) is 17.9 Å². The van der Waals surface area contributed by atoms with Crippen LogP contribution in [0.1, 0.15) is 0 Å². The van der Waals surface area contributed by atoms with Crippen molar-refractivity contribution in [3.8, 4) is 0 Å². The smallest absolute Gasteiger partial charge is 0.201 e. The number of ether oxygens (including phenoxy) is 1.